The van der Waals surface area contributed by atoms with Crippen molar-refractivity contribution < 1.29 is 14.3 Å². The second kappa shape index (κ2) is 15.1. The number of carbonyl (C=O) groups excluding carboxylic acids is 2. The maximum absolute atomic E-state index is 13.3. The van der Waals surface area contributed by atoms with Crippen molar-refractivity contribution >= 4 is 23.2 Å². The van der Waals surface area contributed by atoms with E-state index in [0.29, 0.717) is 37.4 Å². The van der Waals surface area contributed by atoms with Gasteiger partial charge in [-0.3, -0.25) is 14.6 Å². The largest absolute Gasteiger partial charge is 0.484 e. The van der Waals surface area contributed by atoms with Crippen molar-refractivity contribution in [1.29, 1.82) is 0 Å². The van der Waals surface area contributed by atoms with Crippen LogP contribution in [0.1, 0.15) is 22.3 Å². The van der Waals surface area contributed by atoms with Crippen molar-refractivity contribution in [1.82, 2.24) is 14.8 Å². The molecule has 0 atom stereocenters. The predicted molar refractivity (Wildman–Crippen MR) is 175 cm³/mol. The first kappa shape index (κ1) is 30.7. The van der Waals surface area contributed by atoms with E-state index in [9.17, 15) is 9.59 Å². The van der Waals surface area contributed by atoms with Crippen LogP contribution in [0.2, 0.25) is 0 Å². The van der Waals surface area contributed by atoms with Gasteiger partial charge in [0, 0.05) is 51.7 Å². The number of hydrogen-bond donors (Lipinski definition) is 2. The fourth-order valence-electron chi connectivity index (χ4n) is 5.27. The SMILES string of the molecule is CN1CCN(c2ccc(-c3cccc(CN(CCCN)C(=O)c4cccnc4)c3)cc2NC(=O)COc2ccccc2)CC1. The molecule has 1 aliphatic heterocycles. The third-order valence-electron chi connectivity index (χ3n) is 7.69. The van der Waals surface area contributed by atoms with Gasteiger partial charge in [0.05, 0.1) is 16.9 Å². The molecule has 44 heavy (non-hydrogen) atoms. The van der Waals surface area contributed by atoms with Gasteiger partial charge in [0.2, 0.25) is 0 Å². The molecular formula is C35H40N6O3. The molecule has 0 bridgehead atoms. The number of nitrogens with one attached hydrogen (secondary N) is 1. The first-order valence-electron chi connectivity index (χ1n) is 15.0. The molecule has 4 aromatic rings. The van der Waals surface area contributed by atoms with Gasteiger partial charge in [-0.2, -0.15) is 0 Å². The van der Waals surface area contributed by atoms with Crippen LogP contribution in [0.25, 0.3) is 11.1 Å². The second-order valence-electron chi connectivity index (χ2n) is 11.0. The lowest BCUT2D eigenvalue weighted by Crippen LogP contribution is -2.44. The number of carbonyl (C=O) groups is 2. The second-order valence-corrected chi connectivity index (χ2v) is 11.0. The quantitative estimate of drug-likeness (QED) is 0.250. The van der Waals surface area contributed by atoms with Crippen LogP contribution in [0.15, 0.2) is 97.3 Å². The topological polar surface area (TPSA) is 104 Å². The van der Waals surface area contributed by atoms with Gasteiger partial charge in [-0.1, -0.05) is 42.5 Å². The number of likely N-dealkylation sites (N-methyl/N-ethyl adjacent to an activating group) is 1. The molecule has 1 aromatic heterocycles. The molecule has 2 amide bonds. The lowest BCUT2D eigenvalue weighted by atomic mass is 10.0. The number of nitrogens with zero attached hydrogens (tertiary/aromatic N) is 4. The summed E-state index contributed by atoms with van der Waals surface area (Å²) in [7, 11) is 2.12. The van der Waals surface area contributed by atoms with E-state index < -0.39 is 0 Å². The molecule has 0 unspecified atom stereocenters. The standard InChI is InChI=1S/C35H40N6O3/c1-39-18-20-40(21-19-39)33-14-13-29(23-32(33)38-34(42)26-44-31-11-3-2-4-12-31)28-9-5-8-27(22-28)25-41(17-7-15-36)35(43)30-10-6-16-37-24-30/h2-6,8-14,16,22-24H,7,15,17-21,25-26,36H2,1H3,(H,38,42). The number of nitrogens with two attached hydrogens (primary N) is 1. The molecule has 2 heterocycles. The van der Waals surface area contributed by atoms with Crippen molar-refractivity contribution in [3.8, 4) is 16.9 Å². The highest BCUT2D eigenvalue weighted by Crippen LogP contribution is 2.33. The molecule has 1 saturated heterocycles. The van der Waals surface area contributed by atoms with Crippen LogP contribution in [0.3, 0.4) is 0 Å². The number of pyridine rings is 1. The molecule has 0 saturated carbocycles. The Labute approximate surface area is 259 Å². The zero-order chi connectivity index (χ0) is 30.7. The lowest BCUT2D eigenvalue weighted by molar-refractivity contribution is -0.118. The molecule has 0 spiro atoms. The average molecular weight is 593 g/mol. The smallest absolute Gasteiger partial charge is 0.262 e. The highest BCUT2D eigenvalue weighted by Gasteiger charge is 2.20. The summed E-state index contributed by atoms with van der Waals surface area (Å²) in [5, 5.41) is 3.11. The van der Waals surface area contributed by atoms with Crippen molar-refractivity contribution in [2.45, 2.75) is 13.0 Å². The highest BCUT2D eigenvalue weighted by molar-refractivity contribution is 5.96. The summed E-state index contributed by atoms with van der Waals surface area (Å²) in [6, 6.07) is 27.3. The Morgan fingerprint density at radius 1 is 0.932 bits per heavy atom. The van der Waals surface area contributed by atoms with Gasteiger partial charge in [0.25, 0.3) is 11.8 Å². The molecule has 0 radical (unpaired) electrons. The number of anilines is 2. The van der Waals surface area contributed by atoms with E-state index in [1.807, 2.05) is 59.5 Å². The summed E-state index contributed by atoms with van der Waals surface area (Å²) in [6.45, 7) is 5.06. The minimum Gasteiger partial charge on any atom is -0.484 e. The van der Waals surface area contributed by atoms with Crippen LogP contribution in [0.5, 0.6) is 5.75 Å². The summed E-state index contributed by atoms with van der Waals surface area (Å²) in [5.74, 6) is 0.353. The summed E-state index contributed by atoms with van der Waals surface area (Å²) in [6.07, 6.45) is 3.96. The molecule has 1 aliphatic rings. The number of hydrogen-bond acceptors (Lipinski definition) is 7. The molecule has 9 heteroatoms. The van der Waals surface area contributed by atoms with Crippen molar-refractivity contribution in [3.05, 3.63) is 108 Å². The zero-order valence-electron chi connectivity index (χ0n) is 25.2. The number of para-hydroxylation sites is 1. The Hall–Kier alpha value is -4.73. The number of piperazine rings is 1. The van der Waals surface area contributed by atoms with Gasteiger partial charge in [-0.25, -0.2) is 0 Å². The molecule has 5 rings (SSSR count). The number of rotatable bonds is 12. The van der Waals surface area contributed by atoms with Crippen LogP contribution in [0.4, 0.5) is 11.4 Å². The highest BCUT2D eigenvalue weighted by atomic mass is 16.5. The minimum atomic E-state index is -0.223. The van der Waals surface area contributed by atoms with Crippen LogP contribution < -0.4 is 20.7 Å². The van der Waals surface area contributed by atoms with E-state index in [4.69, 9.17) is 10.5 Å². The molecule has 9 nitrogen and oxygen atoms in total. The number of amides is 2. The fraction of sp³-hybridized carbons (Fsp3) is 0.286. The molecule has 0 aliphatic carbocycles. The van der Waals surface area contributed by atoms with E-state index in [1.54, 1.807) is 24.5 Å². The first-order valence-corrected chi connectivity index (χ1v) is 15.0. The van der Waals surface area contributed by atoms with Crippen LogP contribution in [-0.2, 0) is 11.3 Å². The van der Waals surface area contributed by atoms with E-state index in [2.05, 4.69) is 45.3 Å². The van der Waals surface area contributed by atoms with Gasteiger partial charge in [0.15, 0.2) is 6.61 Å². The monoisotopic (exact) mass is 592 g/mol. The number of aromatic nitrogens is 1. The lowest BCUT2D eigenvalue weighted by Gasteiger charge is -2.35. The summed E-state index contributed by atoms with van der Waals surface area (Å²) < 4.78 is 5.71. The van der Waals surface area contributed by atoms with Gasteiger partial charge in [-0.05, 0) is 79.2 Å². The third kappa shape index (κ3) is 8.21. The molecule has 228 valence electrons. The molecular weight excluding hydrogens is 552 g/mol. The normalized spacial score (nSPS) is 13.4. The molecule has 3 aromatic carbocycles. The van der Waals surface area contributed by atoms with E-state index >= 15 is 0 Å². The Kier molecular flexibility index (Phi) is 10.6. The summed E-state index contributed by atoms with van der Waals surface area (Å²) in [4.78, 5) is 36.9. The van der Waals surface area contributed by atoms with E-state index in [-0.39, 0.29) is 18.4 Å². The van der Waals surface area contributed by atoms with Gasteiger partial charge >= 0.3 is 0 Å². The summed E-state index contributed by atoms with van der Waals surface area (Å²) in [5.41, 5.74) is 11.0. The summed E-state index contributed by atoms with van der Waals surface area (Å²) >= 11 is 0. The van der Waals surface area contributed by atoms with Crippen molar-refractivity contribution in [2.24, 2.45) is 5.73 Å². The minimum absolute atomic E-state index is 0.0730. The fourth-order valence-corrected chi connectivity index (χ4v) is 5.27. The van der Waals surface area contributed by atoms with Crippen LogP contribution in [-0.4, -0.2) is 79.5 Å². The molecule has 3 N–H and O–H groups in total. The predicted octanol–water partition coefficient (Wildman–Crippen LogP) is 4.51. The number of ether oxygens (including phenoxy) is 1. The Morgan fingerprint density at radius 3 is 2.48 bits per heavy atom. The average Bonchev–Trinajstić information content (AvgIpc) is 3.07. The van der Waals surface area contributed by atoms with Crippen molar-refractivity contribution in [3.63, 3.8) is 0 Å². The number of benzene rings is 3. The van der Waals surface area contributed by atoms with Gasteiger partial charge < -0.3 is 30.5 Å². The van der Waals surface area contributed by atoms with Gasteiger partial charge in [-0.15, -0.1) is 0 Å². The Balaban J connectivity index is 1.38. The maximum Gasteiger partial charge on any atom is 0.262 e. The van der Waals surface area contributed by atoms with Gasteiger partial charge in [0.1, 0.15) is 5.75 Å². The van der Waals surface area contributed by atoms with E-state index in [1.165, 1.54) is 0 Å². The van der Waals surface area contributed by atoms with Crippen molar-refractivity contribution in [2.75, 3.05) is 63.1 Å². The third-order valence-corrected chi connectivity index (χ3v) is 7.69. The Morgan fingerprint density at radius 2 is 1.73 bits per heavy atom. The van der Waals surface area contributed by atoms with Crippen LogP contribution in [0, 0.1) is 0 Å². The maximum atomic E-state index is 13.3. The van der Waals surface area contributed by atoms with Crippen LogP contribution >= 0.6 is 0 Å². The first-order chi connectivity index (χ1) is 21.5. The Bertz CT molecular complexity index is 1520. The van der Waals surface area contributed by atoms with E-state index in [0.717, 1.165) is 54.2 Å². The zero-order valence-corrected chi connectivity index (χ0v) is 25.2. The molecule has 1 fully saturated rings.